The summed E-state index contributed by atoms with van der Waals surface area (Å²) < 4.78 is 0. The van der Waals surface area contributed by atoms with Crippen LogP contribution in [0.1, 0.15) is 38.2 Å². The van der Waals surface area contributed by atoms with Crippen LogP contribution in [0.3, 0.4) is 0 Å². The molecule has 3 N–H and O–H groups in total. The Bertz CT molecular complexity index is 439. The van der Waals surface area contributed by atoms with Gasteiger partial charge in [0.25, 0.3) is 0 Å². The second-order valence-corrected chi connectivity index (χ2v) is 5.94. The topological polar surface area (TPSA) is 58.4 Å². The van der Waals surface area contributed by atoms with Crippen molar-refractivity contribution in [1.29, 1.82) is 0 Å². The van der Waals surface area contributed by atoms with Crippen molar-refractivity contribution in [1.82, 2.24) is 4.90 Å². The van der Waals surface area contributed by atoms with E-state index in [1.165, 1.54) is 5.56 Å². The summed E-state index contributed by atoms with van der Waals surface area (Å²) in [7, 11) is 0. The summed E-state index contributed by atoms with van der Waals surface area (Å²) in [6, 6.07) is 8.39. The van der Waals surface area contributed by atoms with Crippen molar-refractivity contribution in [2.45, 2.75) is 38.6 Å². The van der Waals surface area contributed by atoms with Crippen LogP contribution in [-0.2, 0) is 4.79 Å². The molecule has 5 heteroatoms. The van der Waals surface area contributed by atoms with E-state index in [9.17, 15) is 4.79 Å². The van der Waals surface area contributed by atoms with Gasteiger partial charge in [0.2, 0.25) is 5.91 Å². The zero-order valence-corrected chi connectivity index (χ0v) is 13.7. The third-order valence-corrected chi connectivity index (χ3v) is 3.86. The van der Waals surface area contributed by atoms with Gasteiger partial charge in [0.05, 0.1) is 6.54 Å². The van der Waals surface area contributed by atoms with Crippen molar-refractivity contribution in [2.24, 2.45) is 5.73 Å². The minimum Gasteiger partial charge on any atom is -0.328 e. The van der Waals surface area contributed by atoms with Crippen LogP contribution in [0.4, 0.5) is 5.69 Å². The van der Waals surface area contributed by atoms with E-state index in [2.05, 4.69) is 36.2 Å². The minimum atomic E-state index is 0. The maximum Gasteiger partial charge on any atom is 0.238 e. The lowest BCUT2D eigenvalue weighted by molar-refractivity contribution is -0.117. The summed E-state index contributed by atoms with van der Waals surface area (Å²) >= 11 is 0. The van der Waals surface area contributed by atoms with Gasteiger partial charge in [0.1, 0.15) is 0 Å². The zero-order chi connectivity index (χ0) is 14.5. The molecular formula is C16H26ClN3O. The number of nitrogens with one attached hydrogen (secondary N) is 1. The number of carbonyl (C=O) groups excluding carboxylic acids is 1. The van der Waals surface area contributed by atoms with Gasteiger partial charge < -0.3 is 11.1 Å². The molecule has 2 rings (SSSR count). The van der Waals surface area contributed by atoms with Gasteiger partial charge in [-0.3, -0.25) is 9.69 Å². The molecule has 1 aromatic carbocycles. The number of anilines is 1. The van der Waals surface area contributed by atoms with Crippen LogP contribution in [0.15, 0.2) is 24.3 Å². The zero-order valence-electron chi connectivity index (χ0n) is 12.8. The Balaban J connectivity index is 0.00000220. The van der Waals surface area contributed by atoms with E-state index >= 15 is 0 Å². The Kier molecular flexibility index (Phi) is 7.15. The number of likely N-dealkylation sites (tertiary alicyclic amines) is 1. The fourth-order valence-corrected chi connectivity index (χ4v) is 2.47. The first-order valence-electron chi connectivity index (χ1n) is 7.42. The van der Waals surface area contributed by atoms with Crippen molar-refractivity contribution < 1.29 is 4.79 Å². The summed E-state index contributed by atoms with van der Waals surface area (Å²) in [6.45, 7) is 6.61. The van der Waals surface area contributed by atoms with Crippen molar-refractivity contribution >= 4 is 24.0 Å². The van der Waals surface area contributed by atoms with Crippen LogP contribution < -0.4 is 11.1 Å². The maximum atomic E-state index is 12.0. The Morgan fingerprint density at radius 2 is 1.86 bits per heavy atom. The highest BCUT2D eigenvalue weighted by Crippen LogP contribution is 2.17. The Hall–Kier alpha value is -1.10. The van der Waals surface area contributed by atoms with Gasteiger partial charge in [-0.1, -0.05) is 26.0 Å². The molecule has 1 aliphatic heterocycles. The molecule has 0 spiro atoms. The average molecular weight is 312 g/mol. The Morgan fingerprint density at radius 3 is 2.38 bits per heavy atom. The summed E-state index contributed by atoms with van der Waals surface area (Å²) in [5, 5.41) is 2.95. The SMILES string of the molecule is CC(C)c1ccc(NC(=O)CN2CCC(N)CC2)cc1.Cl. The minimum absolute atomic E-state index is 0. The molecule has 0 saturated carbocycles. The normalized spacial score (nSPS) is 16.6. The van der Waals surface area contributed by atoms with E-state index in [1.807, 2.05) is 12.1 Å². The first kappa shape index (κ1) is 18.0. The molecule has 0 unspecified atom stereocenters. The van der Waals surface area contributed by atoms with Crippen molar-refractivity contribution in [3.63, 3.8) is 0 Å². The van der Waals surface area contributed by atoms with Gasteiger partial charge in [-0.05, 0) is 36.5 Å². The largest absolute Gasteiger partial charge is 0.328 e. The van der Waals surface area contributed by atoms with Crippen molar-refractivity contribution in [3.8, 4) is 0 Å². The predicted molar refractivity (Wildman–Crippen MR) is 90.1 cm³/mol. The smallest absolute Gasteiger partial charge is 0.238 e. The fourth-order valence-electron chi connectivity index (χ4n) is 2.47. The predicted octanol–water partition coefficient (Wildman–Crippen LogP) is 2.59. The summed E-state index contributed by atoms with van der Waals surface area (Å²) in [5.74, 6) is 0.565. The number of rotatable bonds is 4. The molecule has 1 aromatic rings. The Labute approximate surface area is 133 Å². The first-order valence-corrected chi connectivity index (χ1v) is 7.42. The second-order valence-electron chi connectivity index (χ2n) is 5.94. The van der Waals surface area contributed by atoms with Gasteiger partial charge in [-0.25, -0.2) is 0 Å². The van der Waals surface area contributed by atoms with E-state index in [0.29, 0.717) is 18.5 Å². The van der Waals surface area contributed by atoms with E-state index < -0.39 is 0 Å². The number of halogens is 1. The molecule has 1 aliphatic rings. The molecule has 0 aliphatic carbocycles. The number of amides is 1. The average Bonchev–Trinajstić information content (AvgIpc) is 2.42. The molecule has 1 saturated heterocycles. The van der Waals surface area contributed by atoms with Crippen molar-refractivity contribution in [2.75, 3.05) is 25.0 Å². The molecule has 0 bridgehead atoms. The summed E-state index contributed by atoms with van der Waals surface area (Å²) in [6.07, 6.45) is 1.97. The van der Waals surface area contributed by atoms with Gasteiger partial charge in [-0.15, -0.1) is 12.4 Å². The molecular weight excluding hydrogens is 286 g/mol. The fraction of sp³-hybridized carbons (Fsp3) is 0.562. The molecule has 0 atom stereocenters. The molecule has 21 heavy (non-hydrogen) atoms. The van der Waals surface area contributed by atoms with Gasteiger partial charge in [0.15, 0.2) is 0 Å². The summed E-state index contributed by atoms with van der Waals surface area (Å²) in [5.41, 5.74) is 8.02. The lowest BCUT2D eigenvalue weighted by atomic mass is 10.0. The van der Waals surface area contributed by atoms with E-state index in [4.69, 9.17) is 5.73 Å². The molecule has 1 amide bonds. The number of hydrogen-bond donors (Lipinski definition) is 2. The molecule has 118 valence electrons. The third kappa shape index (κ3) is 5.65. The highest BCUT2D eigenvalue weighted by atomic mass is 35.5. The highest BCUT2D eigenvalue weighted by molar-refractivity contribution is 5.92. The van der Waals surface area contributed by atoms with Crippen LogP contribution in [0.5, 0.6) is 0 Å². The molecule has 0 aromatic heterocycles. The van der Waals surface area contributed by atoms with Crippen LogP contribution >= 0.6 is 12.4 Å². The number of piperidine rings is 1. The van der Waals surface area contributed by atoms with Crippen LogP contribution in [-0.4, -0.2) is 36.5 Å². The van der Waals surface area contributed by atoms with E-state index in [-0.39, 0.29) is 18.3 Å². The molecule has 1 fully saturated rings. The highest BCUT2D eigenvalue weighted by Gasteiger charge is 2.18. The van der Waals surface area contributed by atoms with Crippen LogP contribution in [0, 0.1) is 0 Å². The number of benzene rings is 1. The van der Waals surface area contributed by atoms with Gasteiger partial charge in [0, 0.05) is 24.8 Å². The second kappa shape index (κ2) is 8.37. The lowest BCUT2D eigenvalue weighted by Crippen LogP contribution is -2.43. The van der Waals surface area contributed by atoms with Crippen LogP contribution in [0.2, 0.25) is 0 Å². The van der Waals surface area contributed by atoms with E-state index in [1.54, 1.807) is 0 Å². The quantitative estimate of drug-likeness (QED) is 0.898. The van der Waals surface area contributed by atoms with Gasteiger partial charge in [-0.2, -0.15) is 0 Å². The van der Waals surface area contributed by atoms with Gasteiger partial charge >= 0.3 is 0 Å². The summed E-state index contributed by atoms with van der Waals surface area (Å²) in [4.78, 5) is 14.2. The first-order chi connectivity index (χ1) is 9.54. The lowest BCUT2D eigenvalue weighted by Gasteiger charge is -2.29. The van der Waals surface area contributed by atoms with E-state index in [0.717, 1.165) is 31.6 Å². The van der Waals surface area contributed by atoms with Crippen molar-refractivity contribution in [3.05, 3.63) is 29.8 Å². The molecule has 1 heterocycles. The number of hydrogen-bond acceptors (Lipinski definition) is 3. The number of carbonyl (C=O) groups is 1. The Morgan fingerprint density at radius 1 is 1.29 bits per heavy atom. The monoisotopic (exact) mass is 311 g/mol. The molecule has 0 radical (unpaired) electrons. The van der Waals surface area contributed by atoms with Crippen LogP contribution in [0.25, 0.3) is 0 Å². The third-order valence-electron chi connectivity index (χ3n) is 3.86. The standard InChI is InChI=1S/C16H25N3O.ClH/c1-12(2)13-3-5-15(6-4-13)18-16(20)11-19-9-7-14(17)8-10-19;/h3-6,12,14H,7-11,17H2,1-2H3,(H,18,20);1H. The number of nitrogens with zero attached hydrogens (tertiary/aromatic N) is 1. The number of nitrogens with two attached hydrogens (primary N) is 1. The molecule has 4 nitrogen and oxygen atoms in total. The maximum absolute atomic E-state index is 12.0.